The molecule has 0 unspecified atom stereocenters. The van der Waals surface area contributed by atoms with Gasteiger partial charge in [-0.15, -0.1) is 0 Å². The molecule has 2 aromatic heterocycles. The third-order valence-corrected chi connectivity index (χ3v) is 4.00. The molecule has 3 heterocycles. The highest BCUT2D eigenvalue weighted by molar-refractivity contribution is 5.80. The summed E-state index contributed by atoms with van der Waals surface area (Å²) in [6.45, 7) is 7.55. The number of rotatable bonds is 6. The second-order valence-corrected chi connectivity index (χ2v) is 6.22. The van der Waals surface area contributed by atoms with Gasteiger partial charge in [-0.05, 0) is 39.7 Å². The standard InChI is InChI=1S/C17H24N6O2/c1-11-9-12(2)23(22-11)16-10-15(20-13(3)21-16)18-6-7-19-17(24)14-5-4-8-25-14/h9-10,14H,4-8H2,1-3H3,(H,19,24)(H,18,20,21)/t14-/m0/s1. The Morgan fingerprint density at radius 2 is 2.12 bits per heavy atom. The van der Waals surface area contributed by atoms with Crippen LogP contribution in [-0.2, 0) is 9.53 Å². The van der Waals surface area contributed by atoms with Gasteiger partial charge in [0, 0.05) is 31.5 Å². The fourth-order valence-electron chi connectivity index (χ4n) is 2.89. The van der Waals surface area contributed by atoms with E-state index < -0.39 is 0 Å². The van der Waals surface area contributed by atoms with Crippen LogP contribution in [0, 0.1) is 20.8 Å². The van der Waals surface area contributed by atoms with E-state index in [0.29, 0.717) is 31.3 Å². The van der Waals surface area contributed by atoms with E-state index in [1.807, 2.05) is 32.9 Å². The van der Waals surface area contributed by atoms with E-state index in [2.05, 4.69) is 25.7 Å². The predicted molar refractivity (Wildman–Crippen MR) is 93.8 cm³/mol. The average molecular weight is 344 g/mol. The van der Waals surface area contributed by atoms with E-state index in [4.69, 9.17) is 4.74 Å². The largest absolute Gasteiger partial charge is 0.368 e. The topological polar surface area (TPSA) is 94.0 Å². The van der Waals surface area contributed by atoms with Gasteiger partial charge in [0.1, 0.15) is 17.7 Å². The van der Waals surface area contributed by atoms with E-state index in [-0.39, 0.29) is 12.0 Å². The fraction of sp³-hybridized carbons (Fsp3) is 0.529. The van der Waals surface area contributed by atoms with Crippen LogP contribution in [-0.4, -0.2) is 51.5 Å². The van der Waals surface area contributed by atoms with Crippen LogP contribution in [0.1, 0.15) is 30.1 Å². The Morgan fingerprint density at radius 3 is 2.80 bits per heavy atom. The molecule has 8 nitrogen and oxygen atoms in total. The second kappa shape index (κ2) is 7.60. The lowest BCUT2D eigenvalue weighted by molar-refractivity contribution is -0.129. The molecule has 2 N–H and O–H groups in total. The van der Waals surface area contributed by atoms with Crippen molar-refractivity contribution >= 4 is 11.7 Å². The number of nitrogens with zero attached hydrogens (tertiary/aromatic N) is 4. The lowest BCUT2D eigenvalue weighted by Gasteiger charge is -2.12. The Morgan fingerprint density at radius 1 is 1.28 bits per heavy atom. The molecule has 3 rings (SSSR count). The molecule has 0 radical (unpaired) electrons. The minimum Gasteiger partial charge on any atom is -0.368 e. The molecule has 1 aliphatic heterocycles. The number of hydrogen-bond donors (Lipinski definition) is 2. The molecule has 0 saturated carbocycles. The van der Waals surface area contributed by atoms with Gasteiger partial charge >= 0.3 is 0 Å². The van der Waals surface area contributed by atoms with Gasteiger partial charge in [0.05, 0.1) is 5.69 Å². The zero-order valence-corrected chi connectivity index (χ0v) is 14.9. The molecule has 1 aliphatic rings. The van der Waals surface area contributed by atoms with Gasteiger partial charge in [0.2, 0.25) is 5.91 Å². The summed E-state index contributed by atoms with van der Waals surface area (Å²) >= 11 is 0. The van der Waals surface area contributed by atoms with Crippen LogP contribution in [0.15, 0.2) is 12.1 Å². The number of carbonyl (C=O) groups excluding carboxylic acids is 1. The van der Waals surface area contributed by atoms with Crippen molar-refractivity contribution in [3.63, 3.8) is 0 Å². The average Bonchev–Trinajstić information content (AvgIpc) is 3.20. The number of hydrogen-bond acceptors (Lipinski definition) is 6. The molecule has 134 valence electrons. The lowest BCUT2D eigenvalue weighted by Crippen LogP contribution is -2.36. The highest BCUT2D eigenvalue weighted by Crippen LogP contribution is 2.14. The molecule has 1 fully saturated rings. The van der Waals surface area contributed by atoms with Gasteiger partial charge < -0.3 is 15.4 Å². The molecule has 8 heteroatoms. The minimum atomic E-state index is -0.293. The summed E-state index contributed by atoms with van der Waals surface area (Å²) in [6.07, 6.45) is 1.46. The predicted octanol–water partition coefficient (Wildman–Crippen LogP) is 1.29. The van der Waals surface area contributed by atoms with Crippen molar-refractivity contribution < 1.29 is 9.53 Å². The molecule has 0 aromatic carbocycles. The van der Waals surface area contributed by atoms with Crippen LogP contribution in [0.2, 0.25) is 0 Å². The maximum Gasteiger partial charge on any atom is 0.249 e. The number of nitrogens with one attached hydrogen (secondary N) is 2. The van der Waals surface area contributed by atoms with Crippen LogP contribution < -0.4 is 10.6 Å². The number of anilines is 1. The van der Waals surface area contributed by atoms with E-state index in [1.54, 1.807) is 4.68 Å². The normalized spacial score (nSPS) is 16.8. The van der Waals surface area contributed by atoms with Crippen LogP contribution in [0.25, 0.3) is 5.82 Å². The number of aryl methyl sites for hydroxylation is 3. The Balaban J connectivity index is 1.57. The zero-order valence-electron chi connectivity index (χ0n) is 14.9. The van der Waals surface area contributed by atoms with Crippen molar-refractivity contribution in [1.82, 2.24) is 25.1 Å². The summed E-state index contributed by atoms with van der Waals surface area (Å²) in [4.78, 5) is 20.7. The van der Waals surface area contributed by atoms with E-state index >= 15 is 0 Å². The number of aromatic nitrogens is 4. The van der Waals surface area contributed by atoms with Crippen molar-refractivity contribution in [2.24, 2.45) is 0 Å². The smallest absolute Gasteiger partial charge is 0.249 e. The Hall–Kier alpha value is -2.48. The first-order valence-electron chi connectivity index (χ1n) is 8.55. The molecule has 0 spiro atoms. The van der Waals surface area contributed by atoms with Crippen LogP contribution in [0.4, 0.5) is 5.82 Å². The Kier molecular flexibility index (Phi) is 5.28. The first-order chi connectivity index (χ1) is 12.0. The minimum absolute atomic E-state index is 0.0403. The number of amides is 1. The summed E-state index contributed by atoms with van der Waals surface area (Å²) in [5, 5.41) is 10.6. The van der Waals surface area contributed by atoms with Crippen LogP contribution >= 0.6 is 0 Å². The summed E-state index contributed by atoms with van der Waals surface area (Å²) in [6, 6.07) is 3.86. The van der Waals surface area contributed by atoms with Crippen molar-refractivity contribution in [3.8, 4) is 5.82 Å². The second-order valence-electron chi connectivity index (χ2n) is 6.22. The molecular weight excluding hydrogens is 320 g/mol. The SMILES string of the molecule is Cc1cc(C)n(-c2cc(NCCNC(=O)[C@@H]3CCCO3)nc(C)n2)n1. The fourth-order valence-corrected chi connectivity index (χ4v) is 2.89. The van der Waals surface area contributed by atoms with Gasteiger partial charge in [-0.3, -0.25) is 4.79 Å². The summed E-state index contributed by atoms with van der Waals surface area (Å²) in [5.41, 5.74) is 1.96. The van der Waals surface area contributed by atoms with E-state index in [0.717, 1.165) is 30.0 Å². The van der Waals surface area contributed by atoms with Crippen molar-refractivity contribution in [3.05, 3.63) is 29.3 Å². The third-order valence-electron chi connectivity index (χ3n) is 4.00. The molecule has 25 heavy (non-hydrogen) atoms. The Bertz CT molecular complexity index is 752. The third kappa shape index (κ3) is 4.33. The van der Waals surface area contributed by atoms with Gasteiger partial charge in [-0.1, -0.05) is 0 Å². The van der Waals surface area contributed by atoms with E-state index in [1.165, 1.54) is 0 Å². The van der Waals surface area contributed by atoms with Gasteiger partial charge in [-0.2, -0.15) is 5.10 Å². The molecular formula is C17H24N6O2. The van der Waals surface area contributed by atoms with Gasteiger partial charge in [-0.25, -0.2) is 14.6 Å². The maximum absolute atomic E-state index is 11.9. The zero-order chi connectivity index (χ0) is 17.8. The van der Waals surface area contributed by atoms with Crippen molar-refractivity contribution in [2.45, 2.75) is 39.7 Å². The molecule has 1 saturated heterocycles. The maximum atomic E-state index is 11.9. The highest BCUT2D eigenvalue weighted by atomic mass is 16.5. The molecule has 0 bridgehead atoms. The summed E-state index contributed by atoms with van der Waals surface area (Å²) in [7, 11) is 0. The van der Waals surface area contributed by atoms with Crippen molar-refractivity contribution in [1.29, 1.82) is 0 Å². The summed E-state index contributed by atoms with van der Waals surface area (Å²) < 4.78 is 7.16. The van der Waals surface area contributed by atoms with Crippen LogP contribution in [0.3, 0.4) is 0 Å². The van der Waals surface area contributed by atoms with E-state index in [9.17, 15) is 4.79 Å². The number of ether oxygens (including phenoxy) is 1. The Labute approximate surface area is 147 Å². The monoisotopic (exact) mass is 344 g/mol. The van der Waals surface area contributed by atoms with Crippen molar-refractivity contribution in [2.75, 3.05) is 25.0 Å². The highest BCUT2D eigenvalue weighted by Gasteiger charge is 2.22. The van der Waals surface area contributed by atoms with Gasteiger partial charge in [0.15, 0.2) is 5.82 Å². The lowest BCUT2D eigenvalue weighted by atomic mass is 10.2. The first-order valence-corrected chi connectivity index (χ1v) is 8.55. The molecule has 0 aliphatic carbocycles. The van der Waals surface area contributed by atoms with Crippen LogP contribution in [0.5, 0.6) is 0 Å². The molecule has 2 aromatic rings. The molecule has 1 atom stereocenters. The quantitative estimate of drug-likeness (QED) is 0.767. The number of carbonyl (C=O) groups is 1. The molecule has 1 amide bonds. The summed E-state index contributed by atoms with van der Waals surface area (Å²) in [5.74, 6) is 2.06. The van der Waals surface area contributed by atoms with Gasteiger partial charge in [0.25, 0.3) is 0 Å². The first kappa shape index (κ1) is 17.3.